The predicted molar refractivity (Wildman–Crippen MR) is 128 cm³/mol. The molecule has 3 rings (SSSR count). The molecule has 0 radical (unpaired) electrons. The molecule has 1 aromatic heterocycles. The highest BCUT2D eigenvalue weighted by Gasteiger charge is 2.12. The van der Waals surface area contributed by atoms with Gasteiger partial charge in [0.1, 0.15) is 23.8 Å². The summed E-state index contributed by atoms with van der Waals surface area (Å²) in [6.07, 6.45) is 4.97. The zero-order chi connectivity index (χ0) is 21.7. The quantitative estimate of drug-likeness (QED) is 0.215. The topological polar surface area (TPSA) is 53.4 Å². The summed E-state index contributed by atoms with van der Waals surface area (Å²) in [4.78, 5) is 12.5. The van der Waals surface area contributed by atoms with Crippen LogP contribution < -0.4 is 9.47 Å². The van der Waals surface area contributed by atoms with Gasteiger partial charge in [0.15, 0.2) is 0 Å². The Hall–Kier alpha value is -1.90. The number of allylic oxidation sites excluding steroid dienone is 1. The van der Waals surface area contributed by atoms with E-state index in [2.05, 4.69) is 52.9 Å². The first-order valence-electron chi connectivity index (χ1n) is 9.11. The molecule has 0 fully saturated rings. The minimum absolute atomic E-state index is 0.0920. The van der Waals surface area contributed by atoms with Crippen LogP contribution >= 0.6 is 47.8 Å². The van der Waals surface area contributed by atoms with Crippen LogP contribution in [0.1, 0.15) is 28.5 Å². The van der Waals surface area contributed by atoms with Gasteiger partial charge in [-0.3, -0.25) is 9.48 Å². The van der Waals surface area contributed by atoms with Crippen molar-refractivity contribution in [3.05, 3.63) is 78.9 Å². The van der Waals surface area contributed by atoms with E-state index in [-0.39, 0.29) is 5.78 Å². The van der Waals surface area contributed by atoms with E-state index in [4.69, 9.17) is 9.47 Å². The molecule has 3 aromatic rings. The van der Waals surface area contributed by atoms with Crippen molar-refractivity contribution in [2.75, 3.05) is 7.11 Å². The molecule has 0 atom stereocenters. The highest BCUT2D eigenvalue weighted by Crippen LogP contribution is 2.37. The molecule has 1 heterocycles. The number of hydrogen-bond donors (Lipinski definition) is 0. The summed E-state index contributed by atoms with van der Waals surface area (Å²) in [5.41, 5.74) is 2.31. The van der Waals surface area contributed by atoms with Crippen molar-refractivity contribution in [2.24, 2.45) is 0 Å². The third-order valence-electron chi connectivity index (χ3n) is 4.34. The predicted octanol–water partition coefficient (Wildman–Crippen LogP) is 6.67. The first-order chi connectivity index (χ1) is 14.4. The van der Waals surface area contributed by atoms with E-state index in [9.17, 15) is 4.79 Å². The second kappa shape index (κ2) is 10.4. The number of nitrogens with zero attached hydrogens (tertiary/aromatic N) is 2. The molecule has 0 N–H and O–H groups in total. The van der Waals surface area contributed by atoms with E-state index in [0.29, 0.717) is 30.3 Å². The van der Waals surface area contributed by atoms with Crippen molar-refractivity contribution in [1.29, 1.82) is 0 Å². The number of rotatable bonds is 8. The maximum absolute atomic E-state index is 12.5. The molecule has 0 unspecified atom stereocenters. The largest absolute Gasteiger partial charge is 0.496 e. The Kier molecular flexibility index (Phi) is 7.91. The van der Waals surface area contributed by atoms with E-state index in [1.165, 1.54) is 0 Å². The minimum atomic E-state index is -0.0920. The lowest BCUT2D eigenvalue weighted by atomic mass is 10.1. The number of methoxy groups -OCH3 is 1. The van der Waals surface area contributed by atoms with Gasteiger partial charge in [0.25, 0.3) is 0 Å². The summed E-state index contributed by atoms with van der Waals surface area (Å²) < 4.78 is 15.8. The molecule has 0 saturated carbocycles. The molecule has 5 nitrogen and oxygen atoms in total. The molecule has 156 valence electrons. The van der Waals surface area contributed by atoms with Crippen molar-refractivity contribution >= 4 is 59.6 Å². The van der Waals surface area contributed by atoms with Crippen molar-refractivity contribution in [3.8, 4) is 11.5 Å². The lowest BCUT2D eigenvalue weighted by Gasteiger charge is -2.14. The average Bonchev–Trinajstić information content (AvgIpc) is 3.20. The van der Waals surface area contributed by atoms with Gasteiger partial charge in [-0.1, -0.05) is 28.1 Å². The van der Waals surface area contributed by atoms with Crippen LogP contribution in [-0.4, -0.2) is 22.7 Å². The average molecular weight is 599 g/mol. The molecule has 0 spiro atoms. The summed E-state index contributed by atoms with van der Waals surface area (Å²) in [7, 11) is 1.62. The zero-order valence-corrected chi connectivity index (χ0v) is 21.1. The van der Waals surface area contributed by atoms with Gasteiger partial charge in [-0.15, -0.1) is 0 Å². The molecule has 30 heavy (non-hydrogen) atoms. The fraction of sp³-hybridized carbons (Fsp3) is 0.182. The van der Waals surface area contributed by atoms with Crippen molar-refractivity contribution in [3.63, 3.8) is 0 Å². The van der Waals surface area contributed by atoms with Crippen LogP contribution in [0.3, 0.4) is 0 Å². The summed E-state index contributed by atoms with van der Waals surface area (Å²) in [5, 5.41) is 4.14. The Morgan fingerprint density at radius 2 is 1.87 bits per heavy atom. The van der Waals surface area contributed by atoms with Crippen LogP contribution in [0.5, 0.6) is 11.5 Å². The van der Waals surface area contributed by atoms with Gasteiger partial charge in [-0.2, -0.15) is 5.10 Å². The first kappa shape index (κ1) is 22.8. The number of carbonyl (C=O) groups excluding carboxylic acids is 1. The standard InChI is InChI=1S/C22H19Br3N2O3/c1-3-27-19(8-9-26-27)20(28)6-4-14-5-7-21(29-2)15(10-14)13-30-22-17(24)11-16(23)12-18(22)25/h4-12H,3,13H2,1-2H3/b6-4+. The van der Waals surface area contributed by atoms with E-state index >= 15 is 0 Å². The van der Waals surface area contributed by atoms with Crippen LogP contribution in [-0.2, 0) is 13.2 Å². The number of ketones is 1. The maximum Gasteiger partial charge on any atom is 0.203 e. The summed E-state index contributed by atoms with van der Waals surface area (Å²) in [6.45, 7) is 2.90. The SMILES string of the molecule is CCn1nccc1C(=O)/C=C/c1ccc(OC)c(COc2c(Br)cc(Br)cc2Br)c1. The van der Waals surface area contributed by atoms with E-state index in [1.54, 1.807) is 36.2 Å². The highest BCUT2D eigenvalue weighted by molar-refractivity contribution is 9.11. The zero-order valence-electron chi connectivity index (χ0n) is 16.4. The number of ether oxygens (including phenoxy) is 2. The number of carbonyl (C=O) groups is 1. The second-order valence-corrected chi connectivity index (χ2v) is 8.91. The summed E-state index contributed by atoms with van der Waals surface area (Å²) in [5.74, 6) is 1.32. The molecule has 0 aliphatic rings. The molecule has 2 aromatic carbocycles. The molecule has 8 heteroatoms. The Morgan fingerprint density at radius 1 is 1.13 bits per heavy atom. The molecule has 0 amide bonds. The number of hydrogen-bond acceptors (Lipinski definition) is 4. The van der Waals surface area contributed by atoms with Gasteiger partial charge in [-0.05, 0) is 80.8 Å². The van der Waals surface area contributed by atoms with Gasteiger partial charge in [-0.25, -0.2) is 0 Å². The van der Waals surface area contributed by atoms with Gasteiger partial charge in [0.2, 0.25) is 5.78 Å². The van der Waals surface area contributed by atoms with Crippen molar-refractivity contribution in [1.82, 2.24) is 9.78 Å². The molecular formula is C22H19Br3N2O3. The minimum Gasteiger partial charge on any atom is -0.496 e. The number of halogens is 3. The smallest absolute Gasteiger partial charge is 0.203 e. The number of aryl methyl sites for hydroxylation is 1. The second-order valence-electron chi connectivity index (χ2n) is 6.29. The third-order valence-corrected chi connectivity index (χ3v) is 5.97. The molecule has 0 saturated heterocycles. The number of benzene rings is 2. The van der Waals surface area contributed by atoms with Crippen LogP contribution in [0, 0.1) is 0 Å². The lowest BCUT2D eigenvalue weighted by Crippen LogP contribution is -2.07. The normalized spacial score (nSPS) is 11.1. The molecule has 0 aliphatic carbocycles. The Morgan fingerprint density at radius 3 is 2.53 bits per heavy atom. The van der Waals surface area contributed by atoms with Crippen molar-refractivity contribution in [2.45, 2.75) is 20.1 Å². The third kappa shape index (κ3) is 5.42. The fourth-order valence-electron chi connectivity index (χ4n) is 2.88. The van der Waals surface area contributed by atoms with Crippen LogP contribution in [0.15, 0.2) is 62.1 Å². The Bertz CT molecular complexity index is 1070. The van der Waals surface area contributed by atoms with Crippen LogP contribution in [0.25, 0.3) is 6.08 Å². The summed E-state index contributed by atoms with van der Waals surface area (Å²) >= 11 is 10.5. The van der Waals surface area contributed by atoms with Gasteiger partial charge < -0.3 is 9.47 Å². The maximum atomic E-state index is 12.5. The molecule has 0 bridgehead atoms. The Labute approximate surface area is 200 Å². The van der Waals surface area contributed by atoms with Crippen LogP contribution in [0.2, 0.25) is 0 Å². The van der Waals surface area contributed by atoms with Crippen LogP contribution in [0.4, 0.5) is 0 Å². The molecule has 0 aliphatic heterocycles. The van der Waals surface area contributed by atoms with Crippen molar-refractivity contribution < 1.29 is 14.3 Å². The van der Waals surface area contributed by atoms with E-state index in [0.717, 1.165) is 24.5 Å². The fourth-order valence-corrected chi connectivity index (χ4v) is 5.37. The number of aromatic nitrogens is 2. The van der Waals surface area contributed by atoms with Gasteiger partial charge in [0.05, 0.1) is 16.1 Å². The molecular weight excluding hydrogens is 580 g/mol. The lowest BCUT2D eigenvalue weighted by molar-refractivity contribution is 0.103. The van der Waals surface area contributed by atoms with Gasteiger partial charge in [0, 0.05) is 22.8 Å². The van der Waals surface area contributed by atoms with Gasteiger partial charge >= 0.3 is 0 Å². The monoisotopic (exact) mass is 596 g/mol. The van der Waals surface area contributed by atoms with E-state index < -0.39 is 0 Å². The Balaban J connectivity index is 1.79. The highest BCUT2D eigenvalue weighted by atomic mass is 79.9. The summed E-state index contributed by atoms with van der Waals surface area (Å²) in [6, 6.07) is 11.3. The van der Waals surface area contributed by atoms with E-state index in [1.807, 2.05) is 37.3 Å². The first-order valence-corrected chi connectivity index (χ1v) is 11.5.